The third kappa shape index (κ3) is 5.54. The van der Waals surface area contributed by atoms with E-state index in [2.05, 4.69) is 264 Å². The van der Waals surface area contributed by atoms with Crippen molar-refractivity contribution < 1.29 is 4.74 Å². The van der Waals surface area contributed by atoms with E-state index >= 15 is 0 Å². The van der Waals surface area contributed by atoms with Gasteiger partial charge in [-0.25, -0.2) is 0 Å². The third-order valence-electron chi connectivity index (χ3n) is 14.4. The summed E-state index contributed by atoms with van der Waals surface area (Å²) in [5.41, 5.74) is 17.7. The lowest BCUT2D eigenvalue weighted by molar-refractivity contribution is 0.435. The van der Waals surface area contributed by atoms with Crippen LogP contribution in [-0.4, -0.2) is 4.57 Å². The molecule has 1 spiro atoms. The van der Waals surface area contributed by atoms with Crippen LogP contribution in [0.25, 0.3) is 71.6 Å². The Bertz CT molecular complexity index is 3890. The van der Waals surface area contributed by atoms with Gasteiger partial charge in [0.1, 0.15) is 11.5 Å². The van der Waals surface area contributed by atoms with E-state index in [1.807, 2.05) is 0 Å². The molecule has 0 fully saturated rings. The maximum absolute atomic E-state index is 7.07. The number of fused-ring (bicyclic) bond motifs is 11. The molecule has 14 rings (SSSR count). The second kappa shape index (κ2) is 15.1. The average Bonchev–Trinajstić information content (AvgIpc) is 3.74. The fraction of sp³-hybridized carbons (Fsp3) is 0.0154. The summed E-state index contributed by atoms with van der Waals surface area (Å²) < 4.78 is 9.48. The van der Waals surface area contributed by atoms with Gasteiger partial charge in [-0.05, 0) is 98.8 Å². The fourth-order valence-corrected chi connectivity index (χ4v) is 11.7. The minimum atomic E-state index is -0.707. The van der Waals surface area contributed by atoms with Gasteiger partial charge >= 0.3 is 0 Å². The highest BCUT2D eigenvalue weighted by molar-refractivity contribution is 6.11. The van der Waals surface area contributed by atoms with Crippen molar-refractivity contribution in [3.63, 3.8) is 0 Å². The standard InChI is InChI=1S/C65H42N2O/c1-4-19-43(20-5-1)49-29-18-30-50(44-21-6-2-7-22-44)64(49)66(48-37-39-53-52-28-11-14-35-59(52)67(60(53)42-48)46-25-8-3-9-26-46)47-38-40-62-58(41-47)65(56-33-13-15-36-61(56)68-62)55-32-12-10-27-51(55)54-31-16-23-45-24-17-34-57(65)63(45)54/h1-42H. The van der Waals surface area contributed by atoms with Crippen molar-refractivity contribution in [3.05, 3.63) is 277 Å². The van der Waals surface area contributed by atoms with Crippen LogP contribution in [0.5, 0.6) is 11.5 Å². The van der Waals surface area contributed by atoms with Gasteiger partial charge in [0.15, 0.2) is 0 Å². The van der Waals surface area contributed by atoms with E-state index < -0.39 is 5.41 Å². The van der Waals surface area contributed by atoms with Crippen molar-refractivity contribution in [2.75, 3.05) is 4.90 Å². The SMILES string of the molecule is c1ccc(-c2cccc(-c3ccccc3)c2N(c2ccc3c(c2)C2(c4ccccc4O3)c3ccccc3-c3cccc4cccc2c34)c2ccc3c4ccccc4n(-c4ccccc4)c3c2)cc1. The number of anilines is 3. The summed E-state index contributed by atoms with van der Waals surface area (Å²) in [4.78, 5) is 2.51. The molecule has 11 aromatic carbocycles. The molecule has 68 heavy (non-hydrogen) atoms. The van der Waals surface area contributed by atoms with E-state index in [0.29, 0.717) is 0 Å². The molecule has 0 bridgehead atoms. The van der Waals surface area contributed by atoms with Gasteiger partial charge in [-0.2, -0.15) is 0 Å². The maximum Gasteiger partial charge on any atom is 0.132 e. The number of para-hydroxylation sites is 4. The molecule has 1 aromatic heterocycles. The molecular weight excluding hydrogens is 825 g/mol. The zero-order valence-electron chi connectivity index (χ0n) is 37.1. The number of aromatic nitrogens is 1. The van der Waals surface area contributed by atoms with Crippen LogP contribution in [0.15, 0.2) is 255 Å². The van der Waals surface area contributed by atoms with Gasteiger partial charge in [0.25, 0.3) is 0 Å². The Morgan fingerprint density at radius 1 is 0.353 bits per heavy atom. The normalized spacial score (nSPS) is 14.4. The van der Waals surface area contributed by atoms with Crippen LogP contribution in [0.1, 0.15) is 22.3 Å². The van der Waals surface area contributed by atoms with Crippen LogP contribution in [0.2, 0.25) is 0 Å². The van der Waals surface area contributed by atoms with Gasteiger partial charge < -0.3 is 14.2 Å². The Morgan fingerprint density at radius 3 is 1.68 bits per heavy atom. The lowest BCUT2D eigenvalue weighted by atomic mass is 9.58. The molecule has 1 aliphatic carbocycles. The zero-order chi connectivity index (χ0) is 44.8. The van der Waals surface area contributed by atoms with E-state index in [1.54, 1.807) is 0 Å². The molecule has 2 heterocycles. The molecule has 0 saturated heterocycles. The van der Waals surface area contributed by atoms with E-state index in [0.717, 1.165) is 73.1 Å². The molecule has 0 amide bonds. The van der Waals surface area contributed by atoms with Gasteiger partial charge in [0.2, 0.25) is 0 Å². The highest BCUT2D eigenvalue weighted by Crippen LogP contribution is 2.62. The van der Waals surface area contributed by atoms with E-state index in [4.69, 9.17) is 4.74 Å². The Labute approximate surface area is 395 Å². The monoisotopic (exact) mass is 866 g/mol. The highest BCUT2D eigenvalue weighted by Gasteiger charge is 2.49. The third-order valence-corrected chi connectivity index (χ3v) is 14.4. The summed E-state index contributed by atoms with van der Waals surface area (Å²) in [7, 11) is 0. The molecule has 0 saturated carbocycles. The summed E-state index contributed by atoms with van der Waals surface area (Å²) in [5, 5.41) is 4.92. The molecule has 3 heteroatoms. The van der Waals surface area contributed by atoms with Gasteiger partial charge in [-0.1, -0.05) is 200 Å². The van der Waals surface area contributed by atoms with E-state index in [1.165, 1.54) is 49.3 Å². The number of hydrogen-bond acceptors (Lipinski definition) is 2. The topological polar surface area (TPSA) is 17.4 Å². The van der Waals surface area contributed by atoms with Gasteiger partial charge in [-0.3, -0.25) is 0 Å². The molecule has 1 aliphatic heterocycles. The van der Waals surface area contributed by atoms with Crippen LogP contribution < -0.4 is 9.64 Å². The summed E-state index contributed by atoms with van der Waals surface area (Å²) in [5.74, 6) is 1.72. The second-order valence-electron chi connectivity index (χ2n) is 17.9. The first-order valence-electron chi connectivity index (χ1n) is 23.4. The quantitative estimate of drug-likeness (QED) is 0.166. The maximum atomic E-state index is 7.07. The van der Waals surface area contributed by atoms with Gasteiger partial charge in [-0.15, -0.1) is 0 Å². The van der Waals surface area contributed by atoms with Crippen LogP contribution in [0.4, 0.5) is 17.1 Å². The first kappa shape index (κ1) is 38.4. The van der Waals surface area contributed by atoms with E-state index in [-0.39, 0.29) is 0 Å². The smallest absolute Gasteiger partial charge is 0.132 e. The van der Waals surface area contributed by atoms with Crippen molar-refractivity contribution in [1.29, 1.82) is 0 Å². The number of nitrogens with zero attached hydrogens (tertiary/aromatic N) is 2. The lowest BCUT2D eigenvalue weighted by Gasteiger charge is -2.45. The largest absolute Gasteiger partial charge is 0.457 e. The molecule has 12 aromatic rings. The minimum absolute atomic E-state index is 0.707. The van der Waals surface area contributed by atoms with Crippen molar-refractivity contribution >= 4 is 49.6 Å². The molecule has 0 radical (unpaired) electrons. The molecule has 1 atom stereocenters. The van der Waals surface area contributed by atoms with Crippen molar-refractivity contribution in [3.8, 4) is 50.6 Å². The number of ether oxygens (including phenoxy) is 1. The van der Waals surface area contributed by atoms with Crippen LogP contribution in [0, 0.1) is 0 Å². The number of hydrogen-bond donors (Lipinski definition) is 0. The molecule has 1 unspecified atom stereocenters. The van der Waals surface area contributed by atoms with Crippen molar-refractivity contribution in [1.82, 2.24) is 4.57 Å². The van der Waals surface area contributed by atoms with E-state index in [9.17, 15) is 0 Å². The molecule has 318 valence electrons. The second-order valence-corrected chi connectivity index (χ2v) is 17.9. The zero-order valence-corrected chi connectivity index (χ0v) is 37.1. The molecule has 2 aliphatic rings. The summed E-state index contributed by atoms with van der Waals surface area (Å²) in [6, 6.07) is 93.1. The summed E-state index contributed by atoms with van der Waals surface area (Å²) >= 11 is 0. The number of benzene rings is 11. The first-order chi connectivity index (χ1) is 33.8. The highest BCUT2D eigenvalue weighted by atomic mass is 16.5. The number of rotatable bonds is 6. The Hall–Kier alpha value is -8.92. The fourth-order valence-electron chi connectivity index (χ4n) is 11.7. The average molecular weight is 867 g/mol. The minimum Gasteiger partial charge on any atom is -0.457 e. The summed E-state index contributed by atoms with van der Waals surface area (Å²) in [6.07, 6.45) is 0. The predicted octanol–water partition coefficient (Wildman–Crippen LogP) is 17.2. The van der Waals surface area contributed by atoms with Crippen LogP contribution in [-0.2, 0) is 5.41 Å². The predicted molar refractivity (Wildman–Crippen MR) is 281 cm³/mol. The molecular formula is C65H42N2O. The van der Waals surface area contributed by atoms with Gasteiger partial charge in [0.05, 0.1) is 22.1 Å². The Kier molecular flexibility index (Phi) is 8.50. The van der Waals surface area contributed by atoms with Crippen molar-refractivity contribution in [2.24, 2.45) is 0 Å². The van der Waals surface area contributed by atoms with Crippen LogP contribution >= 0.6 is 0 Å². The Balaban J connectivity index is 1.12. The lowest BCUT2D eigenvalue weighted by Crippen LogP contribution is -2.36. The summed E-state index contributed by atoms with van der Waals surface area (Å²) in [6.45, 7) is 0. The van der Waals surface area contributed by atoms with Crippen LogP contribution in [0.3, 0.4) is 0 Å². The molecule has 3 nitrogen and oxygen atoms in total. The molecule has 0 N–H and O–H groups in total. The Morgan fingerprint density at radius 2 is 0.897 bits per heavy atom. The van der Waals surface area contributed by atoms with Gasteiger partial charge in [0, 0.05) is 50.1 Å². The first-order valence-corrected chi connectivity index (χ1v) is 23.4. The van der Waals surface area contributed by atoms with Crippen molar-refractivity contribution in [2.45, 2.75) is 5.41 Å².